The van der Waals surface area contributed by atoms with E-state index >= 15 is 0 Å². The van der Waals surface area contributed by atoms with Gasteiger partial charge in [0.1, 0.15) is 0 Å². The highest BCUT2D eigenvalue weighted by Gasteiger charge is 2.27. The molecule has 0 aromatic carbocycles. The van der Waals surface area contributed by atoms with Crippen molar-refractivity contribution in [1.82, 2.24) is 0 Å². The molecule has 0 spiro atoms. The Morgan fingerprint density at radius 3 is 2.20 bits per heavy atom. The van der Waals surface area contributed by atoms with Crippen molar-refractivity contribution in [3.8, 4) is 0 Å². The van der Waals surface area contributed by atoms with Gasteiger partial charge in [-0.15, -0.1) is 0 Å². The van der Waals surface area contributed by atoms with Gasteiger partial charge in [-0.05, 0) is 0 Å². The van der Waals surface area contributed by atoms with Crippen molar-refractivity contribution in [3.05, 3.63) is 0 Å². The van der Waals surface area contributed by atoms with Crippen molar-refractivity contribution in [2.24, 2.45) is 0 Å². The van der Waals surface area contributed by atoms with Crippen LogP contribution in [0.2, 0.25) is 25.7 Å². The summed E-state index contributed by atoms with van der Waals surface area (Å²) in [5.74, 6) is 0. The number of carbonyl (C=O) groups excluding carboxylic acids is 1. The molecule has 0 saturated carbocycles. The molecule has 0 amide bonds. The molecule has 15 heavy (non-hydrogen) atoms. The van der Waals surface area contributed by atoms with Gasteiger partial charge in [0, 0.05) is 6.04 Å². The van der Waals surface area contributed by atoms with Gasteiger partial charge in [-0.25, -0.2) is 4.79 Å². The number of hydrogen-bond acceptors (Lipinski definition) is 3. The zero-order valence-corrected chi connectivity index (χ0v) is 12.1. The van der Waals surface area contributed by atoms with Crippen LogP contribution in [0.3, 0.4) is 0 Å². The Balaban J connectivity index is 4.11. The predicted molar refractivity (Wildman–Crippen MR) is 65.0 cm³/mol. The van der Waals surface area contributed by atoms with Crippen molar-refractivity contribution in [1.29, 1.82) is 0 Å². The van der Waals surface area contributed by atoms with Crippen LogP contribution in [0.4, 0.5) is 0 Å². The second-order valence-corrected chi connectivity index (χ2v) is 12.4. The number of rotatable bonds is 6. The van der Waals surface area contributed by atoms with Crippen LogP contribution in [-0.4, -0.2) is 31.2 Å². The van der Waals surface area contributed by atoms with Crippen molar-refractivity contribution in [2.45, 2.75) is 35.8 Å². The van der Waals surface area contributed by atoms with Gasteiger partial charge in [0.15, 0.2) is 0 Å². The van der Waals surface area contributed by atoms with Crippen molar-refractivity contribution >= 4 is 49.3 Å². The molecule has 0 heterocycles. The number of ether oxygens (including phenoxy) is 2. The summed E-state index contributed by atoms with van der Waals surface area (Å²) in [6, 6.07) is 0.642. The summed E-state index contributed by atoms with van der Waals surface area (Å²) >= 11 is 16.5. The van der Waals surface area contributed by atoms with E-state index in [9.17, 15) is 4.79 Å². The summed E-state index contributed by atoms with van der Waals surface area (Å²) < 4.78 is 8.33. The molecular formula is C8H14Cl3O3Si. The normalized spacial score (nSPS) is 14.8. The molecule has 0 aromatic rings. The molecule has 0 aliphatic heterocycles. The van der Waals surface area contributed by atoms with Gasteiger partial charge >= 0.3 is 6.47 Å². The third kappa shape index (κ3) is 10.8. The Morgan fingerprint density at radius 2 is 1.87 bits per heavy atom. The lowest BCUT2D eigenvalue weighted by atomic mass is 10.7. The molecule has 89 valence electrons. The third-order valence-corrected chi connectivity index (χ3v) is 3.28. The maximum atomic E-state index is 10.1. The molecular weight excluding hydrogens is 279 g/mol. The fourth-order valence-electron chi connectivity index (χ4n) is 0.876. The third-order valence-electron chi connectivity index (χ3n) is 1.39. The van der Waals surface area contributed by atoms with E-state index in [0.29, 0.717) is 6.04 Å². The maximum Gasteiger partial charge on any atom is 0.419 e. The van der Waals surface area contributed by atoms with Crippen molar-refractivity contribution in [2.75, 3.05) is 6.61 Å². The molecule has 0 aliphatic carbocycles. The molecule has 1 unspecified atom stereocenters. The quantitative estimate of drug-likeness (QED) is 0.429. The first-order valence-corrected chi connectivity index (χ1v) is 9.19. The topological polar surface area (TPSA) is 35.5 Å². The molecule has 7 heteroatoms. The van der Waals surface area contributed by atoms with E-state index in [2.05, 4.69) is 24.4 Å². The lowest BCUT2D eigenvalue weighted by Gasteiger charge is -2.24. The number of hydrogen-bond donors (Lipinski definition) is 0. The first-order chi connectivity index (χ1) is 6.64. The molecule has 0 fully saturated rings. The van der Waals surface area contributed by atoms with E-state index < -0.39 is 18.2 Å². The molecule has 0 aromatic heterocycles. The summed E-state index contributed by atoms with van der Waals surface area (Å²) in [6.45, 7) is 7.58. The molecule has 3 nitrogen and oxygen atoms in total. The molecule has 0 saturated heterocycles. The van der Waals surface area contributed by atoms with Crippen LogP contribution >= 0.6 is 34.8 Å². The highest BCUT2D eigenvalue weighted by atomic mass is 35.6. The minimum atomic E-state index is -1.50. The van der Waals surface area contributed by atoms with Crippen LogP contribution in [-0.2, 0) is 14.3 Å². The van der Waals surface area contributed by atoms with Crippen molar-refractivity contribution < 1.29 is 14.3 Å². The smallest absolute Gasteiger partial charge is 0.419 e. The first kappa shape index (κ1) is 15.5. The maximum absolute atomic E-state index is 10.1. The van der Waals surface area contributed by atoms with Gasteiger partial charge in [-0.1, -0.05) is 54.4 Å². The second-order valence-electron chi connectivity index (χ2n) is 4.32. The summed E-state index contributed by atoms with van der Waals surface area (Å²) in [5.41, 5.74) is 0. The SMILES string of the molecule is C[Si](C)(C)CC(O[C]=O)OCC(Cl)(Cl)Cl. The average molecular weight is 293 g/mol. The minimum Gasteiger partial charge on any atom is -0.428 e. The number of alkyl halides is 3. The standard InChI is InChI=1S/C8H14Cl3O3Si/c1-15(2,3)4-7(14-6-12)13-5-8(9,10)11/h7H,4-5H2,1-3H3. The van der Waals surface area contributed by atoms with Crippen LogP contribution in [0, 0.1) is 0 Å². The van der Waals surface area contributed by atoms with Gasteiger partial charge in [0.05, 0.1) is 14.7 Å². The summed E-state index contributed by atoms with van der Waals surface area (Å²) in [4.78, 5) is 10.1. The fraction of sp³-hybridized carbons (Fsp3) is 0.875. The summed E-state index contributed by atoms with van der Waals surface area (Å²) in [5, 5.41) is 0. The van der Waals surface area contributed by atoms with Crippen LogP contribution < -0.4 is 0 Å². The zero-order chi connectivity index (χ0) is 12.1. The second kappa shape index (κ2) is 6.30. The summed E-state index contributed by atoms with van der Waals surface area (Å²) in [6.07, 6.45) is -0.676. The Kier molecular flexibility index (Phi) is 6.52. The number of halogens is 3. The van der Waals surface area contributed by atoms with Crippen LogP contribution in [0.25, 0.3) is 0 Å². The molecule has 1 atom stereocenters. The van der Waals surface area contributed by atoms with Gasteiger partial charge in [-0.2, -0.15) is 0 Å². The molecule has 0 aliphatic rings. The van der Waals surface area contributed by atoms with Gasteiger partial charge in [0.2, 0.25) is 10.1 Å². The first-order valence-electron chi connectivity index (χ1n) is 4.35. The van der Waals surface area contributed by atoms with Gasteiger partial charge < -0.3 is 9.47 Å². The van der Waals surface area contributed by atoms with Crippen LogP contribution in [0.1, 0.15) is 0 Å². The van der Waals surface area contributed by atoms with Crippen molar-refractivity contribution in [3.63, 3.8) is 0 Å². The zero-order valence-electron chi connectivity index (χ0n) is 8.85. The Hall–Kier alpha value is 0.517. The lowest BCUT2D eigenvalue weighted by molar-refractivity contribution is -0.0745. The highest BCUT2D eigenvalue weighted by Crippen LogP contribution is 2.27. The van der Waals surface area contributed by atoms with Crippen LogP contribution in [0.5, 0.6) is 0 Å². The van der Waals surface area contributed by atoms with Crippen LogP contribution in [0.15, 0.2) is 0 Å². The largest absolute Gasteiger partial charge is 0.428 e. The Bertz CT molecular complexity index is 200. The minimum absolute atomic E-state index is 0.117. The lowest BCUT2D eigenvalue weighted by Crippen LogP contribution is -2.32. The van der Waals surface area contributed by atoms with E-state index in [0.717, 1.165) is 0 Å². The summed E-state index contributed by atoms with van der Waals surface area (Å²) in [7, 11) is -1.41. The monoisotopic (exact) mass is 291 g/mol. The van der Waals surface area contributed by atoms with E-state index in [-0.39, 0.29) is 6.61 Å². The molecule has 0 bridgehead atoms. The van der Waals surface area contributed by atoms with Gasteiger partial charge in [-0.3, -0.25) is 0 Å². The molecule has 0 rings (SSSR count). The van der Waals surface area contributed by atoms with E-state index in [1.54, 1.807) is 0 Å². The Labute approximate surface area is 106 Å². The van der Waals surface area contributed by atoms with E-state index in [1.807, 2.05) is 0 Å². The highest BCUT2D eigenvalue weighted by molar-refractivity contribution is 6.76. The average Bonchev–Trinajstić information content (AvgIpc) is 1.96. The molecule has 1 radical (unpaired) electrons. The fourth-order valence-corrected chi connectivity index (χ4v) is 2.27. The van der Waals surface area contributed by atoms with Gasteiger partial charge in [0.25, 0.3) is 0 Å². The van der Waals surface area contributed by atoms with E-state index in [4.69, 9.17) is 39.5 Å². The predicted octanol–water partition coefficient (Wildman–Crippen LogP) is 3.12. The Morgan fingerprint density at radius 1 is 1.33 bits per heavy atom. The molecule has 0 N–H and O–H groups in total. The van der Waals surface area contributed by atoms with E-state index in [1.165, 1.54) is 6.47 Å².